The molecule has 1 aromatic carbocycles. The van der Waals surface area contributed by atoms with Crippen LogP contribution in [0.3, 0.4) is 0 Å². The predicted octanol–water partition coefficient (Wildman–Crippen LogP) is 1.98. The number of hydrogen-bond acceptors (Lipinski definition) is 4. The molecule has 0 radical (unpaired) electrons. The minimum Gasteiger partial charge on any atom is -0.490 e. The molecule has 0 aromatic heterocycles. The maximum absolute atomic E-state index is 6.05. The second-order valence-corrected chi connectivity index (χ2v) is 6.43. The number of rotatable bonds is 4. The maximum atomic E-state index is 6.05. The summed E-state index contributed by atoms with van der Waals surface area (Å²) in [5.41, 5.74) is 1.37. The molecule has 0 saturated carbocycles. The van der Waals surface area contributed by atoms with Crippen molar-refractivity contribution in [2.45, 2.75) is 19.1 Å². The van der Waals surface area contributed by atoms with Crippen molar-refractivity contribution in [3.05, 3.63) is 29.8 Å². The summed E-state index contributed by atoms with van der Waals surface area (Å²) in [4.78, 5) is 2.50. The van der Waals surface area contributed by atoms with Crippen molar-refractivity contribution in [1.29, 1.82) is 0 Å². The van der Waals surface area contributed by atoms with Gasteiger partial charge in [-0.2, -0.15) is 11.8 Å². The summed E-state index contributed by atoms with van der Waals surface area (Å²) in [6.45, 7) is 5.54. The monoisotopic (exact) mass is 278 g/mol. The summed E-state index contributed by atoms with van der Waals surface area (Å²) >= 11 is 1.99. The van der Waals surface area contributed by atoms with Crippen molar-refractivity contribution in [2.24, 2.45) is 0 Å². The van der Waals surface area contributed by atoms with E-state index in [2.05, 4.69) is 34.5 Å². The molecule has 2 aliphatic heterocycles. The van der Waals surface area contributed by atoms with Crippen LogP contribution in [0.15, 0.2) is 24.3 Å². The second kappa shape index (κ2) is 6.64. The van der Waals surface area contributed by atoms with Gasteiger partial charge in [0.25, 0.3) is 0 Å². The van der Waals surface area contributed by atoms with Gasteiger partial charge in [0, 0.05) is 38.5 Å². The van der Waals surface area contributed by atoms with Crippen molar-refractivity contribution in [2.75, 3.05) is 37.7 Å². The third-order valence-electron chi connectivity index (χ3n) is 3.70. The Kier molecular flexibility index (Phi) is 4.64. The molecule has 2 heterocycles. The molecule has 19 heavy (non-hydrogen) atoms. The Morgan fingerprint density at radius 3 is 3.00 bits per heavy atom. The number of piperazine rings is 1. The van der Waals surface area contributed by atoms with Crippen LogP contribution in [-0.4, -0.2) is 48.7 Å². The molecule has 0 bridgehead atoms. The average Bonchev–Trinajstić information content (AvgIpc) is 2.93. The summed E-state index contributed by atoms with van der Waals surface area (Å²) in [6.07, 6.45) is 1.60. The van der Waals surface area contributed by atoms with E-state index in [0.29, 0.717) is 6.10 Å². The standard InChI is InChI=1S/C15H22N2OS/c1-2-13(11-17-7-5-16-6-8-17)10-14(3-1)18-15-4-9-19-12-15/h1-3,10,15-16H,4-9,11-12H2. The van der Waals surface area contributed by atoms with E-state index in [4.69, 9.17) is 4.74 Å². The molecule has 3 nitrogen and oxygen atoms in total. The largest absolute Gasteiger partial charge is 0.490 e. The van der Waals surface area contributed by atoms with Gasteiger partial charge in [0.15, 0.2) is 0 Å². The van der Waals surface area contributed by atoms with Crippen LogP contribution >= 0.6 is 11.8 Å². The van der Waals surface area contributed by atoms with Gasteiger partial charge < -0.3 is 10.1 Å². The molecule has 4 heteroatoms. The summed E-state index contributed by atoms with van der Waals surface area (Å²) in [5, 5.41) is 3.39. The van der Waals surface area contributed by atoms with Crippen molar-refractivity contribution in [3.8, 4) is 5.75 Å². The summed E-state index contributed by atoms with van der Waals surface area (Å²) < 4.78 is 6.05. The molecular weight excluding hydrogens is 256 g/mol. The first kappa shape index (κ1) is 13.3. The van der Waals surface area contributed by atoms with Gasteiger partial charge >= 0.3 is 0 Å². The van der Waals surface area contributed by atoms with Crippen molar-refractivity contribution < 1.29 is 4.74 Å². The van der Waals surface area contributed by atoms with Crippen LogP contribution in [0.4, 0.5) is 0 Å². The zero-order valence-corrected chi connectivity index (χ0v) is 12.1. The lowest BCUT2D eigenvalue weighted by atomic mass is 10.2. The highest BCUT2D eigenvalue weighted by molar-refractivity contribution is 7.99. The summed E-state index contributed by atoms with van der Waals surface area (Å²) in [5.74, 6) is 3.42. The van der Waals surface area contributed by atoms with Crippen molar-refractivity contribution in [3.63, 3.8) is 0 Å². The van der Waals surface area contributed by atoms with Gasteiger partial charge in [-0.1, -0.05) is 12.1 Å². The Hall–Kier alpha value is -0.710. The summed E-state index contributed by atoms with van der Waals surface area (Å²) in [7, 11) is 0. The molecule has 1 atom stereocenters. The number of thioether (sulfide) groups is 1. The molecule has 1 unspecified atom stereocenters. The van der Waals surface area contributed by atoms with E-state index in [1.54, 1.807) is 0 Å². The topological polar surface area (TPSA) is 24.5 Å². The lowest BCUT2D eigenvalue weighted by molar-refractivity contribution is 0.224. The third kappa shape index (κ3) is 3.88. The first-order valence-electron chi connectivity index (χ1n) is 7.16. The summed E-state index contributed by atoms with van der Waals surface area (Å²) in [6, 6.07) is 8.63. The van der Waals surface area contributed by atoms with Crippen molar-refractivity contribution in [1.82, 2.24) is 10.2 Å². The molecule has 0 spiro atoms. The quantitative estimate of drug-likeness (QED) is 0.910. The van der Waals surface area contributed by atoms with Crippen LogP contribution in [0.5, 0.6) is 5.75 Å². The molecule has 2 fully saturated rings. The number of ether oxygens (including phenoxy) is 1. The van der Waals surface area contributed by atoms with Crippen LogP contribution < -0.4 is 10.1 Å². The van der Waals surface area contributed by atoms with E-state index in [1.807, 2.05) is 11.8 Å². The zero-order chi connectivity index (χ0) is 12.9. The van der Waals surface area contributed by atoms with E-state index in [1.165, 1.54) is 17.7 Å². The fourth-order valence-corrected chi connectivity index (χ4v) is 3.74. The Morgan fingerprint density at radius 1 is 1.32 bits per heavy atom. The molecule has 1 aromatic rings. The minimum atomic E-state index is 0.416. The average molecular weight is 278 g/mol. The van der Waals surface area contributed by atoms with Crippen LogP contribution in [-0.2, 0) is 6.54 Å². The highest BCUT2D eigenvalue weighted by atomic mass is 32.2. The van der Waals surface area contributed by atoms with Crippen LogP contribution in [0.25, 0.3) is 0 Å². The van der Waals surface area contributed by atoms with Gasteiger partial charge in [-0.3, -0.25) is 4.90 Å². The molecule has 104 valence electrons. The highest BCUT2D eigenvalue weighted by Crippen LogP contribution is 2.24. The van der Waals surface area contributed by atoms with Gasteiger partial charge in [-0.05, 0) is 29.9 Å². The fraction of sp³-hybridized carbons (Fsp3) is 0.600. The molecule has 3 rings (SSSR count). The SMILES string of the molecule is c1cc(CN2CCNCC2)cc(OC2CCSC2)c1. The molecular formula is C15H22N2OS. The van der Waals surface area contributed by atoms with Gasteiger partial charge in [0.2, 0.25) is 0 Å². The fourth-order valence-electron chi connectivity index (χ4n) is 2.64. The van der Waals surface area contributed by atoms with Crippen LogP contribution in [0.1, 0.15) is 12.0 Å². The van der Waals surface area contributed by atoms with Gasteiger partial charge in [0.05, 0.1) is 0 Å². The second-order valence-electron chi connectivity index (χ2n) is 5.28. The minimum absolute atomic E-state index is 0.416. The third-order valence-corrected chi connectivity index (χ3v) is 4.84. The van der Waals surface area contributed by atoms with Crippen molar-refractivity contribution >= 4 is 11.8 Å². The van der Waals surface area contributed by atoms with Crippen LogP contribution in [0, 0.1) is 0 Å². The molecule has 0 aliphatic carbocycles. The number of nitrogens with zero attached hydrogens (tertiary/aromatic N) is 1. The number of nitrogens with one attached hydrogen (secondary N) is 1. The molecule has 0 amide bonds. The van der Waals surface area contributed by atoms with E-state index in [0.717, 1.165) is 44.2 Å². The van der Waals surface area contributed by atoms with E-state index in [9.17, 15) is 0 Å². The van der Waals surface area contributed by atoms with E-state index >= 15 is 0 Å². The first-order chi connectivity index (χ1) is 9.40. The van der Waals surface area contributed by atoms with Crippen LogP contribution in [0.2, 0.25) is 0 Å². The van der Waals surface area contributed by atoms with E-state index in [-0.39, 0.29) is 0 Å². The zero-order valence-electron chi connectivity index (χ0n) is 11.3. The molecule has 2 aliphatic rings. The van der Waals surface area contributed by atoms with Gasteiger partial charge in [-0.15, -0.1) is 0 Å². The first-order valence-corrected chi connectivity index (χ1v) is 8.32. The number of hydrogen-bond donors (Lipinski definition) is 1. The Labute approximate surface area is 119 Å². The normalized spacial score (nSPS) is 24.5. The number of benzene rings is 1. The van der Waals surface area contributed by atoms with Gasteiger partial charge in [-0.25, -0.2) is 0 Å². The molecule has 1 N–H and O–H groups in total. The smallest absolute Gasteiger partial charge is 0.120 e. The lowest BCUT2D eigenvalue weighted by Gasteiger charge is -2.27. The Bertz CT molecular complexity index is 401. The lowest BCUT2D eigenvalue weighted by Crippen LogP contribution is -2.42. The predicted molar refractivity (Wildman–Crippen MR) is 80.9 cm³/mol. The Balaban J connectivity index is 1.58. The van der Waals surface area contributed by atoms with E-state index < -0.39 is 0 Å². The van der Waals surface area contributed by atoms with Gasteiger partial charge in [0.1, 0.15) is 11.9 Å². The maximum Gasteiger partial charge on any atom is 0.120 e. The highest BCUT2D eigenvalue weighted by Gasteiger charge is 2.17. The Morgan fingerprint density at radius 2 is 2.21 bits per heavy atom. The molecule has 2 saturated heterocycles.